The Morgan fingerprint density at radius 3 is 2.22 bits per heavy atom. The van der Waals surface area contributed by atoms with Crippen LogP contribution in [0, 0.1) is 6.07 Å². The maximum Gasteiger partial charge on any atom is 0.0743 e. The van der Waals surface area contributed by atoms with Gasteiger partial charge in [-0.2, -0.15) is 18.2 Å². The molecular formula is C7H7OV-. The predicted molar refractivity (Wildman–Crippen MR) is 31.8 cm³/mol. The molecule has 0 heterocycles. The van der Waals surface area contributed by atoms with E-state index < -0.39 is 0 Å². The molecule has 0 fully saturated rings. The van der Waals surface area contributed by atoms with Crippen LogP contribution in [-0.4, -0.2) is 7.11 Å². The van der Waals surface area contributed by atoms with E-state index in [1.807, 2.05) is 24.3 Å². The molecule has 0 amide bonds. The van der Waals surface area contributed by atoms with Crippen molar-refractivity contribution >= 4 is 0 Å². The van der Waals surface area contributed by atoms with Crippen LogP contribution in [0.25, 0.3) is 0 Å². The zero-order valence-electron chi connectivity index (χ0n) is 5.16. The summed E-state index contributed by atoms with van der Waals surface area (Å²) < 4.78 is 4.89. The number of rotatable bonds is 1. The smallest absolute Gasteiger partial charge is 0.0743 e. The Kier molecular flexibility index (Phi) is 4.28. The van der Waals surface area contributed by atoms with Gasteiger partial charge in [0.15, 0.2) is 0 Å². The summed E-state index contributed by atoms with van der Waals surface area (Å²) in [6, 6.07) is 10.2. The molecule has 9 heavy (non-hydrogen) atoms. The van der Waals surface area contributed by atoms with E-state index in [1.165, 1.54) is 0 Å². The van der Waals surface area contributed by atoms with Crippen LogP contribution in [0.15, 0.2) is 24.3 Å². The summed E-state index contributed by atoms with van der Waals surface area (Å²) >= 11 is 0. The standard InChI is InChI=1S/C7H7O.V/c1-8-7-5-3-2-4-6-7;/h3-6H,1H3;/q-1;. The quantitative estimate of drug-likeness (QED) is 0.562. The second-order valence-electron chi connectivity index (χ2n) is 1.44. The van der Waals surface area contributed by atoms with Gasteiger partial charge in [-0.15, -0.1) is 12.1 Å². The molecule has 0 atom stereocenters. The van der Waals surface area contributed by atoms with Crippen molar-refractivity contribution in [1.82, 2.24) is 0 Å². The molecule has 0 aliphatic heterocycles. The largest absolute Gasteiger partial charge is 0.522 e. The first-order chi connectivity index (χ1) is 3.93. The van der Waals surface area contributed by atoms with Gasteiger partial charge in [0, 0.05) is 24.3 Å². The average Bonchev–Trinajstić information content (AvgIpc) is 1.90. The zero-order valence-corrected chi connectivity index (χ0v) is 6.56. The van der Waals surface area contributed by atoms with E-state index in [9.17, 15) is 0 Å². The van der Waals surface area contributed by atoms with Gasteiger partial charge >= 0.3 is 0 Å². The molecule has 0 aromatic heterocycles. The molecule has 0 spiro atoms. The van der Waals surface area contributed by atoms with Crippen molar-refractivity contribution in [2.45, 2.75) is 0 Å². The van der Waals surface area contributed by atoms with Crippen LogP contribution in [0.2, 0.25) is 0 Å². The van der Waals surface area contributed by atoms with Gasteiger partial charge < -0.3 is 4.74 Å². The van der Waals surface area contributed by atoms with E-state index in [1.54, 1.807) is 7.11 Å². The number of hydrogen-bond acceptors (Lipinski definition) is 1. The molecule has 47 valence electrons. The molecule has 0 N–H and O–H groups in total. The van der Waals surface area contributed by atoms with E-state index in [0.29, 0.717) is 0 Å². The van der Waals surface area contributed by atoms with Crippen molar-refractivity contribution in [3.8, 4) is 5.75 Å². The van der Waals surface area contributed by atoms with Gasteiger partial charge in [-0.3, -0.25) is 0 Å². The topological polar surface area (TPSA) is 9.23 Å². The number of ether oxygens (including phenoxy) is 1. The normalized spacial score (nSPS) is 7.67. The fourth-order valence-corrected chi connectivity index (χ4v) is 0.508. The van der Waals surface area contributed by atoms with Crippen molar-refractivity contribution in [3.05, 3.63) is 30.3 Å². The van der Waals surface area contributed by atoms with Crippen LogP contribution in [0.1, 0.15) is 0 Å². The number of benzene rings is 1. The van der Waals surface area contributed by atoms with Gasteiger partial charge in [0.2, 0.25) is 0 Å². The van der Waals surface area contributed by atoms with Gasteiger partial charge in [0.25, 0.3) is 0 Å². The number of methoxy groups -OCH3 is 1. The van der Waals surface area contributed by atoms with Crippen molar-refractivity contribution in [3.63, 3.8) is 0 Å². The van der Waals surface area contributed by atoms with E-state index in [4.69, 9.17) is 4.74 Å². The van der Waals surface area contributed by atoms with Crippen molar-refractivity contribution in [2.75, 3.05) is 7.11 Å². The van der Waals surface area contributed by atoms with E-state index in [0.717, 1.165) is 5.75 Å². The van der Waals surface area contributed by atoms with E-state index in [2.05, 4.69) is 6.07 Å². The summed E-state index contributed by atoms with van der Waals surface area (Å²) in [5, 5.41) is 0. The molecule has 0 saturated carbocycles. The molecule has 0 bridgehead atoms. The Morgan fingerprint density at radius 2 is 1.89 bits per heavy atom. The molecular weight excluding hydrogens is 151 g/mol. The molecule has 1 aromatic rings. The van der Waals surface area contributed by atoms with Crippen LogP contribution in [0.5, 0.6) is 5.75 Å². The first-order valence-electron chi connectivity index (χ1n) is 2.43. The van der Waals surface area contributed by atoms with Crippen molar-refractivity contribution in [1.29, 1.82) is 0 Å². The first kappa shape index (κ1) is 8.60. The Balaban J connectivity index is 0.000000640. The average molecular weight is 158 g/mol. The van der Waals surface area contributed by atoms with Crippen LogP contribution in [0.4, 0.5) is 0 Å². The minimum Gasteiger partial charge on any atom is -0.522 e. The van der Waals surface area contributed by atoms with Crippen molar-refractivity contribution in [2.24, 2.45) is 0 Å². The van der Waals surface area contributed by atoms with E-state index in [-0.39, 0.29) is 18.6 Å². The molecule has 1 nitrogen and oxygen atoms in total. The second-order valence-corrected chi connectivity index (χ2v) is 1.44. The van der Waals surface area contributed by atoms with Gasteiger partial charge in [-0.25, -0.2) is 0 Å². The minimum atomic E-state index is 0. The number of hydrogen-bond donors (Lipinski definition) is 0. The predicted octanol–water partition coefficient (Wildman–Crippen LogP) is 1.49. The summed E-state index contributed by atoms with van der Waals surface area (Å²) in [5.41, 5.74) is 0. The first-order valence-corrected chi connectivity index (χ1v) is 2.43. The summed E-state index contributed by atoms with van der Waals surface area (Å²) in [5.74, 6) is 0.878. The SMILES string of the molecule is COc1cc[c-]cc1.[V]. The Hall–Kier alpha value is -0.396. The minimum absolute atomic E-state index is 0. The molecule has 0 aliphatic rings. The summed E-state index contributed by atoms with van der Waals surface area (Å²) in [7, 11) is 1.65. The van der Waals surface area contributed by atoms with Gasteiger partial charge in [-0.05, 0) is 0 Å². The van der Waals surface area contributed by atoms with Crippen LogP contribution in [0.3, 0.4) is 0 Å². The molecule has 1 aromatic carbocycles. The molecule has 0 saturated heterocycles. The molecule has 1 radical (unpaired) electrons. The van der Waals surface area contributed by atoms with Gasteiger partial charge in [0.1, 0.15) is 0 Å². The third kappa shape index (κ3) is 2.59. The third-order valence-corrected chi connectivity index (χ3v) is 0.923. The van der Waals surface area contributed by atoms with Crippen molar-refractivity contribution < 1.29 is 23.3 Å². The van der Waals surface area contributed by atoms with Crippen LogP contribution in [-0.2, 0) is 18.6 Å². The van der Waals surface area contributed by atoms with Crippen LogP contribution < -0.4 is 4.74 Å². The third-order valence-electron chi connectivity index (χ3n) is 0.923. The molecule has 1 rings (SSSR count). The van der Waals surface area contributed by atoms with Gasteiger partial charge in [-0.1, -0.05) is 0 Å². The maximum absolute atomic E-state index is 4.89. The summed E-state index contributed by atoms with van der Waals surface area (Å²) in [6.07, 6.45) is 0. The zero-order chi connectivity index (χ0) is 5.82. The molecule has 0 unspecified atom stereocenters. The Labute approximate surface area is 66.9 Å². The monoisotopic (exact) mass is 158 g/mol. The summed E-state index contributed by atoms with van der Waals surface area (Å²) in [6.45, 7) is 0. The fraction of sp³-hybridized carbons (Fsp3) is 0.143. The second kappa shape index (κ2) is 4.48. The molecule has 2 heteroatoms. The maximum atomic E-state index is 4.89. The molecule has 0 aliphatic carbocycles. The Bertz CT molecular complexity index is 150. The Morgan fingerprint density at radius 1 is 1.33 bits per heavy atom. The fourth-order valence-electron chi connectivity index (χ4n) is 0.508. The summed E-state index contributed by atoms with van der Waals surface area (Å²) in [4.78, 5) is 0. The van der Waals surface area contributed by atoms with E-state index >= 15 is 0 Å². The van der Waals surface area contributed by atoms with Gasteiger partial charge in [0.05, 0.1) is 7.11 Å². The van der Waals surface area contributed by atoms with Crippen LogP contribution >= 0.6 is 0 Å².